The van der Waals surface area contributed by atoms with Crippen LogP contribution in [0.25, 0.3) is 0 Å². The molecule has 2 unspecified atom stereocenters. The normalized spacial score (nSPS) is 34.5. The van der Waals surface area contributed by atoms with Crippen LogP contribution in [-0.2, 0) is 28.9 Å². The molecular formula is C7H12O9S. The third-order valence-corrected chi connectivity index (χ3v) is 2.71. The van der Waals surface area contributed by atoms with Crippen molar-refractivity contribution in [1.29, 1.82) is 0 Å². The molecule has 1 rings (SSSR count). The summed E-state index contributed by atoms with van der Waals surface area (Å²) in [4.78, 5) is 10.7. The predicted molar refractivity (Wildman–Crippen MR) is 50.6 cm³/mol. The molecule has 0 aromatic carbocycles. The first-order valence-electron chi connectivity index (χ1n) is 4.47. The molecule has 4 atom stereocenters. The summed E-state index contributed by atoms with van der Waals surface area (Å²) < 4.78 is 43.0. The van der Waals surface area contributed by atoms with Crippen molar-refractivity contribution in [1.82, 2.24) is 0 Å². The third kappa shape index (κ3) is 3.59. The molecule has 1 fully saturated rings. The summed E-state index contributed by atoms with van der Waals surface area (Å²) in [5.41, 5.74) is 0. The molecule has 0 bridgehead atoms. The van der Waals surface area contributed by atoms with Gasteiger partial charge in [-0.2, -0.15) is 8.42 Å². The maximum atomic E-state index is 10.7. The standard InChI is InChI=1S/C7H12O9S/c1-14-5-4(8)3(16-17(11,12)13)2-15-6(5)7(9)10/h3-6,8H,2H2,1H3,(H,9,10)(H,11,12,13)/t3?,4-,5-,6?/m1/s1. The first-order chi connectivity index (χ1) is 7.76. The summed E-state index contributed by atoms with van der Waals surface area (Å²) >= 11 is 0. The highest BCUT2D eigenvalue weighted by Crippen LogP contribution is 2.21. The second-order valence-corrected chi connectivity index (χ2v) is 4.39. The van der Waals surface area contributed by atoms with E-state index in [0.29, 0.717) is 0 Å². The number of carboxylic acid groups (broad SMARTS) is 1. The first-order valence-corrected chi connectivity index (χ1v) is 5.83. The molecule has 0 aromatic rings. The lowest BCUT2D eigenvalue weighted by atomic mass is 10.00. The van der Waals surface area contributed by atoms with E-state index in [2.05, 4.69) is 4.18 Å². The fourth-order valence-electron chi connectivity index (χ4n) is 1.50. The molecular weight excluding hydrogens is 260 g/mol. The summed E-state index contributed by atoms with van der Waals surface area (Å²) in [6, 6.07) is 0. The lowest BCUT2D eigenvalue weighted by molar-refractivity contribution is -0.204. The van der Waals surface area contributed by atoms with Gasteiger partial charge in [-0.15, -0.1) is 0 Å². The topological polar surface area (TPSA) is 140 Å². The van der Waals surface area contributed by atoms with Crippen LogP contribution >= 0.6 is 0 Å². The van der Waals surface area contributed by atoms with E-state index in [9.17, 15) is 18.3 Å². The van der Waals surface area contributed by atoms with Crippen molar-refractivity contribution in [2.45, 2.75) is 24.4 Å². The molecule has 0 saturated carbocycles. The van der Waals surface area contributed by atoms with Crippen LogP contribution in [0.1, 0.15) is 0 Å². The minimum atomic E-state index is -4.77. The number of aliphatic carboxylic acids is 1. The number of hydrogen-bond acceptors (Lipinski definition) is 7. The highest BCUT2D eigenvalue weighted by atomic mass is 32.3. The Kier molecular flexibility index (Phi) is 4.41. The molecule has 9 nitrogen and oxygen atoms in total. The molecule has 0 amide bonds. The Hall–Kier alpha value is -0.780. The maximum absolute atomic E-state index is 10.7. The number of rotatable bonds is 4. The van der Waals surface area contributed by atoms with Crippen LogP contribution < -0.4 is 0 Å². The number of aliphatic hydroxyl groups is 1. The summed E-state index contributed by atoms with van der Waals surface area (Å²) in [5, 5.41) is 18.4. The van der Waals surface area contributed by atoms with Gasteiger partial charge >= 0.3 is 16.4 Å². The molecule has 3 N–H and O–H groups in total. The van der Waals surface area contributed by atoms with E-state index >= 15 is 0 Å². The SMILES string of the molecule is CO[C@H]1C(C(=O)O)OCC(OS(=O)(=O)O)[C@H]1O. The van der Waals surface area contributed by atoms with E-state index in [1.807, 2.05) is 0 Å². The second kappa shape index (κ2) is 5.25. The molecule has 1 aliphatic rings. The monoisotopic (exact) mass is 272 g/mol. The van der Waals surface area contributed by atoms with Gasteiger partial charge in [0, 0.05) is 7.11 Å². The smallest absolute Gasteiger partial charge is 0.397 e. The van der Waals surface area contributed by atoms with Crippen molar-refractivity contribution >= 4 is 16.4 Å². The van der Waals surface area contributed by atoms with Crippen LogP contribution in [0.4, 0.5) is 0 Å². The number of aliphatic hydroxyl groups excluding tert-OH is 1. The molecule has 10 heteroatoms. The zero-order valence-electron chi connectivity index (χ0n) is 8.72. The Morgan fingerprint density at radius 2 is 2.06 bits per heavy atom. The van der Waals surface area contributed by atoms with Gasteiger partial charge in [-0.3, -0.25) is 4.55 Å². The van der Waals surface area contributed by atoms with Gasteiger partial charge in [0.05, 0.1) is 6.61 Å². The van der Waals surface area contributed by atoms with Gasteiger partial charge < -0.3 is 19.7 Å². The minimum Gasteiger partial charge on any atom is -0.479 e. The zero-order chi connectivity index (χ0) is 13.2. The Balaban J connectivity index is 2.80. The van der Waals surface area contributed by atoms with E-state index in [1.54, 1.807) is 0 Å². The van der Waals surface area contributed by atoms with Crippen molar-refractivity contribution < 1.29 is 41.6 Å². The van der Waals surface area contributed by atoms with E-state index in [1.165, 1.54) is 0 Å². The number of hydrogen-bond donors (Lipinski definition) is 3. The van der Waals surface area contributed by atoms with Crippen LogP contribution in [0, 0.1) is 0 Å². The largest absolute Gasteiger partial charge is 0.479 e. The minimum absolute atomic E-state index is 0.502. The predicted octanol–water partition coefficient (Wildman–Crippen LogP) is -1.97. The van der Waals surface area contributed by atoms with Crippen molar-refractivity contribution in [2.75, 3.05) is 13.7 Å². The number of ether oxygens (including phenoxy) is 2. The second-order valence-electron chi connectivity index (χ2n) is 3.35. The zero-order valence-corrected chi connectivity index (χ0v) is 9.53. The maximum Gasteiger partial charge on any atom is 0.397 e. The highest BCUT2D eigenvalue weighted by Gasteiger charge is 2.45. The van der Waals surface area contributed by atoms with Crippen molar-refractivity contribution in [2.24, 2.45) is 0 Å². The van der Waals surface area contributed by atoms with Crippen LogP contribution in [0.3, 0.4) is 0 Å². The van der Waals surface area contributed by atoms with Crippen LogP contribution in [0.15, 0.2) is 0 Å². The molecule has 1 saturated heterocycles. The van der Waals surface area contributed by atoms with Gasteiger partial charge in [0.1, 0.15) is 18.3 Å². The Bertz CT molecular complexity index is 377. The van der Waals surface area contributed by atoms with Gasteiger partial charge in [-0.05, 0) is 0 Å². The van der Waals surface area contributed by atoms with Crippen molar-refractivity contribution in [3.05, 3.63) is 0 Å². The van der Waals surface area contributed by atoms with Crippen LogP contribution in [0.2, 0.25) is 0 Å². The van der Waals surface area contributed by atoms with Crippen molar-refractivity contribution in [3.8, 4) is 0 Å². The molecule has 100 valence electrons. The van der Waals surface area contributed by atoms with Gasteiger partial charge in [0.25, 0.3) is 0 Å². The van der Waals surface area contributed by atoms with Gasteiger partial charge in [-0.1, -0.05) is 0 Å². The first kappa shape index (κ1) is 14.3. The van der Waals surface area contributed by atoms with Crippen LogP contribution in [-0.4, -0.2) is 67.3 Å². The Morgan fingerprint density at radius 3 is 2.47 bits per heavy atom. The average Bonchev–Trinajstić information content (AvgIpc) is 2.18. The fourth-order valence-corrected chi connectivity index (χ4v) is 1.98. The van der Waals surface area contributed by atoms with E-state index in [-0.39, 0.29) is 0 Å². The van der Waals surface area contributed by atoms with E-state index in [4.69, 9.17) is 19.1 Å². The van der Waals surface area contributed by atoms with E-state index in [0.717, 1.165) is 7.11 Å². The number of carboxylic acids is 1. The molecule has 0 aliphatic carbocycles. The quantitative estimate of drug-likeness (QED) is 0.497. The lowest BCUT2D eigenvalue weighted by Crippen LogP contribution is -2.57. The fraction of sp³-hybridized carbons (Fsp3) is 0.857. The summed E-state index contributed by atoms with van der Waals surface area (Å²) in [5.74, 6) is -1.36. The molecule has 0 aromatic heterocycles. The Labute approximate surface area is 96.9 Å². The lowest BCUT2D eigenvalue weighted by Gasteiger charge is -2.36. The summed E-state index contributed by atoms with van der Waals surface area (Å²) in [6.07, 6.45) is -5.72. The summed E-state index contributed by atoms with van der Waals surface area (Å²) in [7, 11) is -3.64. The van der Waals surface area contributed by atoms with Gasteiger partial charge in [-0.25, -0.2) is 8.98 Å². The average molecular weight is 272 g/mol. The molecule has 1 aliphatic heterocycles. The van der Waals surface area contributed by atoms with Gasteiger partial charge in [0.2, 0.25) is 0 Å². The molecule has 1 heterocycles. The molecule has 0 spiro atoms. The number of methoxy groups -OCH3 is 1. The molecule has 17 heavy (non-hydrogen) atoms. The summed E-state index contributed by atoms with van der Waals surface area (Å²) in [6.45, 7) is -0.502. The van der Waals surface area contributed by atoms with Crippen LogP contribution in [0.5, 0.6) is 0 Å². The Morgan fingerprint density at radius 1 is 1.47 bits per heavy atom. The number of carbonyl (C=O) groups is 1. The van der Waals surface area contributed by atoms with E-state index < -0.39 is 47.4 Å². The highest BCUT2D eigenvalue weighted by molar-refractivity contribution is 7.80. The van der Waals surface area contributed by atoms with Gasteiger partial charge in [0.15, 0.2) is 6.10 Å². The molecule has 0 radical (unpaired) electrons. The van der Waals surface area contributed by atoms with Crippen molar-refractivity contribution in [3.63, 3.8) is 0 Å². The third-order valence-electron chi connectivity index (χ3n) is 2.22.